The molecule has 1 amide bonds. The van der Waals surface area contributed by atoms with E-state index in [9.17, 15) is 13.2 Å². The van der Waals surface area contributed by atoms with E-state index in [1.807, 2.05) is 37.3 Å². The highest BCUT2D eigenvalue weighted by molar-refractivity contribution is 7.89. The van der Waals surface area contributed by atoms with Gasteiger partial charge in [0.15, 0.2) is 0 Å². The van der Waals surface area contributed by atoms with Crippen LogP contribution < -0.4 is 10.1 Å². The molecule has 1 aliphatic heterocycles. The lowest BCUT2D eigenvalue weighted by molar-refractivity contribution is 0.0932. The summed E-state index contributed by atoms with van der Waals surface area (Å²) in [4.78, 5) is 13.1. The molecule has 1 fully saturated rings. The number of ether oxygens (including phenoxy) is 1. The fourth-order valence-electron chi connectivity index (χ4n) is 3.44. The Bertz CT molecular complexity index is 923. The second-order valence-corrected chi connectivity index (χ2v) is 8.76. The Morgan fingerprint density at radius 1 is 1.14 bits per heavy atom. The van der Waals surface area contributed by atoms with Crippen molar-refractivity contribution >= 4 is 15.9 Å². The molecule has 0 spiro atoms. The molecule has 2 aromatic carbocycles. The molecule has 150 valence electrons. The SMILES string of the molecule is CC[C@H](NC(=O)c1cc(S(=O)(=O)N2CCCC2)ccc1OC)c1ccccc1. The number of methoxy groups -OCH3 is 1. The summed E-state index contributed by atoms with van der Waals surface area (Å²) in [7, 11) is -2.14. The molecular weight excluding hydrogens is 376 g/mol. The number of hydrogen-bond acceptors (Lipinski definition) is 4. The third kappa shape index (κ3) is 4.20. The van der Waals surface area contributed by atoms with Crippen LogP contribution in [0.2, 0.25) is 0 Å². The Labute approximate surface area is 166 Å². The van der Waals surface area contributed by atoms with Gasteiger partial charge in [0.1, 0.15) is 5.75 Å². The molecule has 1 N–H and O–H groups in total. The van der Waals surface area contributed by atoms with Gasteiger partial charge in [0.05, 0.1) is 23.6 Å². The van der Waals surface area contributed by atoms with Crippen LogP contribution >= 0.6 is 0 Å². The van der Waals surface area contributed by atoms with Gasteiger partial charge in [-0.2, -0.15) is 4.31 Å². The van der Waals surface area contributed by atoms with Crippen LogP contribution in [0.5, 0.6) is 5.75 Å². The van der Waals surface area contributed by atoms with E-state index in [-0.39, 0.29) is 22.4 Å². The Kier molecular flexibility index (Phi) is 6.36. The quantitative estimate of drug-likeness (QED) is 0.771. The molecule has 7 heteroatoms. The van der Waals surface area contributed by atoms with Crippen molar-refractivity contribution in [3.05, 3.63) is 59.7 Å². The molecule has 0 unspecified atom stereocenters. The van der Waals surface area contributed by atoms with Crippen LogP contribution in [-0.4, -0.2) is 38.8 Å². The van der Waals surface area contributed by atoms with Crippen LogP contribution in [0.3, 0.4) is 0 Å². The van der Waals surface area contributed by atoms with Gasteiger partial charge in [-0.25, -0.2) is 8.42 Å². The first-order valence-corrected chi connectivity index (χ1v) is 11.0. The zero-order valence-corrected chi connectivity index (χ0v) is 17.0. The molecule has 2 aromatic rings. The van der Waals surface area contributed by atoms with Gasteiger partial charge in [-0.05, 0) is 43.0 Å². The predicted molar refractivity (Wildman–Crippen MR) is 108 cm³/mol. The van der Waals surface area contributed by atoms with Crippen molar-refractivity contribution in [2.24, 2.45) is 0 Å². The van der Waals surface area contributed by atoms with E-state index in [1.54, 1.807) is 6.07 Å². The normalized spacial score (nSPS) is 15.9. The number of carbonyl (C=O) groups excluding carboxylic acids is 1. The molecule has 0 bridgehead atoms. The number of carbonyl (C=O) groups is 1. The summed E-state index contributed by atoms with van der Waals surface area (Å²) in [6, 6.07) is 14.0. The molecule has 1 saturated heterocycles. The van der Waals surface area contributed by atoms with Crippen molar-refractivity contribution in [1.29, 1.82) is 0 Å². The second kappa shape index (κ2) is 8.75. The van der Waals surface area contributed by atoms with Gasteiger partial charge in [0.2, 0.25) is 10.0 Å². The molecule has 3 rings (SSSR count). The zero-order chi connectivity index (χ0) is 20.1. The van der Waals surface area contributed by atoms with Crippen molar-refractivity contribution in [1.82, 2.24) is 9.62 Å². The van der Waals surface area contributed by atoms with Crippen LogP contribution in [-0.2, 0) is 10.0 Å². The summed E-state index contributed by atoms with van der Waals surface area (Å²) in [6.45, 7) is 3.02. The molecule has 1 heterocycles. The van der Waals surface area contributed by atoms with Crippen LogP contribution in [0, 0.1) is 0 Å². The fraction of sp³-hybridized carbons (Fsp3) is 0.381. The monoisotopic (exact) mass is 402 g/mol. The zero-order valence-electron chi connectivity index (χ0n) is 16.2. The molecule has 0 aromatic heterocycles. The van der Waals surface area contributed by atoms with E-state index in [0.717, 1.165) is 18.4 Å². The maximum Gasteiger partial charge on any atom is 0.255 e. The van der Waals surface area contributed by atoms with Crippen LogP contribution in [0.15, 0.2) is 53.4 Å². The van der Waals surface area contributed by atoms with Gasteiger partial charge in [0, 0.05) is 13.1 Å². The number of nitrogens with one attached hydrogen (secondary N) is 1. The lowest BCUT2D eigenvalue weighted by atomic mass is 10.0. The summed E-state index contributed by atoms with van der Waals surface area (Å²) in [6.07, 6.45) is 2.43. The molecule has 0 radical (unpaired) electrons. The average Bonchev–Trinajstić information content (AvgIpc) is 3.27. The van der Waals surface area contributed by atoms with Crippen molar-refractivity contribution in [3.63, 3.8) is 0 Å². The number of hydrogen-bond donors (Lipinski definition) is 1. The lowest BCUT2D eigenvalue weighted by Crippen LogP contribution is -2.30. The first-order valence-electron chi connectivity index (χ1n) is 9.51. The summed E-state index contributed by atoms with van der Waals surface area (Å²) >= 11 is 0. The maximum absolute atomic E-state index is 13.0. The largest absolute Gasteiger partial charge is 0.496 e. The van der Waals surface area contributed by atoms with E-state index in [2.05, 4.69) is 5.32 Å². The Morgan fingerprint density at radius 3 is 2.43 bits per heavy atom. The Balaban J connectivity index is 1.90. The van der Waals surface area contributed by atoms with E-state index in [0.29, 0.717) is 25.3 Å². The Morgan fingerprint density at radius 2 is 1.82 bits per heavy atom. The standard InChI is InChI=1S/C21H26N2O4S/c1-3-19(16-9-5-4-6-10-16)22-21(24)18-15-17(11-12-20(18)27-2)28(25,26)23-13-7-8-14-23/h4-6,9-12,15,19H,3,7-8,13-14H2,1-2H3,(H,22,24)/t19-/m0/s1. The minimum atomic E-state index is -3.61. The molecular formula is C21H26N2O4S. The molecule has 28 heavy (non-hydrogen) atoms. The topological polar surface area (TPSA) is 75.7 Å². The first-order chi connectivity index (χ1) is 13.5. The third-order valence-corrected chi connectivity index (χ3v) is 6.93. The summed E-state index contributed by atoms with van der Waals surface area (Å²) in [5.74, 6) is -0.00758. The van der Waals surface area contributed by atoms with Crippen molar-refractivity contribution in [3.8, 4) is 5.75 Å². The summed E-state index contributed by atoms with van der Waals surface area (Å²) < 4.78 is 32.5. The highest BCUT2D eigenvalue weighted by atomic mass is 32.2. The minimum absolute atomic E-state index is 0.119. The molecule has 0 aliphatic carbocycles. The molecule has 1 aliphatic rings. The molecule has 0 saturated carbocycles. The van der Waals surface area contributed by atoms with Gasteiger partial charge in [-0.1, -0.05) is 37.3 Å². The molecule has 1 atom stereocenters. The number of nitrogens with zero attached hydrogens (tertiary/aromatic N) is 1. The highest BCUT2D eigenvalue weighted by Gasteiger charge is 2.29. The number of amides is 1. The highest BCUT2D eigenvalue weighted by Crippen LogP contribution is 2.27. The van der Waals surface area contributed by atoms with Crippen LogP contribution in [0.25, 0.3) is 0 Å². The van der Waals surface area contributed by atoms with E-state index < -0.39 is 10.0 Å². The smallest absolute Gasteiger partial charge is 0.255 e. The van der Waals surface area contributed by atoms with Gasteiger partial charge in [0.25, 0.3) is 5.91 Å². The van der Waals surface area contributed by atoms with Crippen molar-refractivity contribution in [2.45, 2.75) is 37.1 Å². The number of rotatable bonds is 7. The van der Waals surface area contributed by atoms with Gasteiger partial charge in [-0.3, -0.25) is 4.79 Å². The number of sulfonamides is 1. The van der Waals surface area contributed by atoms with Crippen molar-refractivity contribution < 1.29 is 17.9 Å². The minimum Gasteiger partial charge on any atom is -0.496 e. The predicted octanol–water partition coefficient (Wildman–Crippen LogP) is 3.36. The average molecular weight is 403 g/mol. The maximum atomic E-state index is 13.0. The number of benzene rings is 2. The lowest BCUT2D eigenvalue weighted by Gasteiger charge is -2.20. The van der Waals surface area contributed by atoms with Gasteiger partial charge in [-0.15, -0.1) is 0 Å². The van der Waals surface area contributed by atoms with Crippen LogP contribution in [0.4, 0.5) is 0 Å². The second-order valence-electron chi connectivity index (χ2n) is 6.82. The van der Waals surface area contributed by atoms with E-state index >= 15 is 0 Å². The van der Waals surface area contributed by atoms with E-state index in [4.69, 9.17) is 4.74 Å². The van der Waals surface area contributed by atoms with Crippen molar-refractivity contribution in [2.75, 3.05) is 20.2 Å². The van der Waals surface area contributed by atoms with Gasteiger partial charge < -0.3 is 10.1 Å². The van der Waals surface area contributed by atoms with E-state index in [1.165, 1.54) is 23.5 Å². The summed E-state index contributed by atoms with van der Waals surface area (Å²) in [5.41, 5.74) is 1.22. The van der Waals surface area contributed by atoms with Gasteiger partial charge >= 0.3 is 0 Å². The summed E-state index contributed by atoms with van der Waals surface area (Å²) in [5, 5.41) is 2.99. The fourth-order valence-corrected chi connectivity index (χ4v) is 4.99. The third-order valence-electron chi connectivity index (χ3n) is 5.03. The van der Waals surface area contributed by atoms with Crippen LogP contribution in [0.1, 0.15) is 48.1 Å². The Hall–Kier alpha value is -2.38. The molecule has 6 nitrogen and oxygen atoms in total. The first kappa shape index (κ1) is 20.4.